The molecule has 29 heavy (non-hydrogen) atoms. The van der Waals surface area contributed by atoms with Crippen molar-refractivity contribution < 1.29 is 31.3 Å². The van der Waals surface area contributed by atoms with Crippen LogP contribution in [0.5, 0.6) is 0 Å². The van der Waals surface area contributed by atoms with Crippen LogP contribution in [-0.2, 0) is 12.4 Å². The Balaban J connectivity index is 2.29. The summed E-state index contributed by atoms with van der Waals surface area (Å²) in [6.45, 7) is 0. The average Bonchev–Trinajstić information content (AvgIpc) is 3.03. The quantitative estimate of drug-likeness (QED) is 0.275. The number of nitrogens with one attached hydrogen (secondary N) is 1. The zero-order valence-corrected chi connectivity index (χ0v) is 14.8. The van der Waals surface area contributed by atoms with Crippen LogP contribution in [0.2, 0.25) is 5.02 Å². The van der Waals surface area contributed by atoms with Crippen LogP contribution in [0.1, 0.15) is 11.3 Å². The fourth-order valence-electron chi connectivity index (χ4n) is 2.82. The summed E-state index contributed by atoms with van der Waals surface area (Å²) in [4.78, 5) is 12.6. The van der Waals surface area contributed by atoms with Crippen LogP contribution in [0.15, 0.2) is 48.5 Å². The molecule has 0 unspecified atom stereocenters. The van der Waals surface area contributed by atoms with Crippen molar-refractivity contribution in [3.8, 4) is 22.4 Å². The first-order valence-electron chi connectivity index (χ1n) is 7.80. The molecule has 3 aromatic rings. The highest BCUT2D eigenvalue weighted by Crippen LogP contribution is 2.47. The highest BCUT2D eigenvalue weighted by atomic mass is 35.5. The van der Waals surface area contributed by atoms with E-state index in [0.29, 0.717) is 12.1 Å². The number of halogens is 7. The fraction of sp³-hybridized carbons (Fsp3) is 0.111. The summed E-state index contributed by atoms with van der Waals surface area (Å²) in [5.41, 5.74) is -5.03. The molecule has 152 valence electrons. The number of benzene rings is 2. The topological polar surface area (TPSA) is 58.9 Å². The van der Waals surface area contributed by atoms with Gasteiger partial charge >= 0.3 is 18.0 Å². The van der Waals surface area contributed by atoms with Gasteiger partial charge in [-0.25, -0.2) is 0 Å². The Morgan fingerprint density at radius 2 is 1.34 bits per heavy atom. The van der Waals surface area contributed by atoms with Crippen LogP contribution in [0.4, 0.5) is 32.0 Å². The zero-order chi connectivity index (χ0) is 21.6. The number of aromatic nitrogens is 1. The predicted octanol–water partition coefficient (Wildman–Crippen LogP) is 6.95. The van der Waals surface area contributed by atoms with Crippen LogP contribution in [0.25, 0.3) is 22.4 Å². The molecule has 0 aliphatic rings. The van der Waals surface area contributed by atoms with Gasteiger partial charge in [0.1, 0.15) is 11.4 Å². The molecule has 4 nitrogen and oxygen atoms in total. The van der Waals surface area contributed by atoms with Gasteiger partial charge in [0.15, 0.2) is 0 Å². The molecule has 0 atom stereocenters. The van der Waals surface area contributed by atoms with Crippen molar-refractivity contribution >= 4 is 17.3 Å². The number of aromatic amines is 1. The summed E-state index contributed by atoms with van der Waals surface area (Å²) < 4.78 is 79.0. The smallest absolute Gasteiger partial charge is 0.345 e. The number of rotatable bonds is 3. The lowest BCUT2D eigenvalue weighted by atomic mass is 10.0. The van der Waals surface area contributed by atoms with Gasteiger partial charge in [0, 0.05) is 10.6 Å². The molecule has 0 fully saturated rings. The van der Waals surface area contributed by atoms with Crippen molar-refractivity contribution in [2.24, 2.45) is 0 Å². The van der Waals surface area contributed by atoms with Crippen LogP contribution in [0, 0.1) is 10.1 Å². The summed E-state index contributed by atoms with van der Waals surface area (Å²) >= 11 is 5.74. The molecule has 0 spiro atoms. The number of nitro groups is 1. The summed E-state index contributed by atoms with van der Waals surface area (Å²) in [5, 5.41) is 11.9. The molecule has 0 aliphatic carbocycles. The lowest BCUT2D eigenvalue weighted by Crippen LogP contribution is -2.08. The Hall–Kier alpha value is -3.01. The van der Waals surface area contributed by atoms with Gasteiger partial charge in [-0.3, -0.25) is 10.1 Å². The van der Waals surface area contributed by atoms with E-state index in [0.717, 1.165) is 12.1 Å². The number of hydrogen-bond donors (Lipinski definition) is 1. The first-order valence-corrected chi connectivity index (χ1v) is 8.18. The molecule has 1 aromatic heterocycles. The van der Waals surface area contributed by atoms with E-state index >= 15 is 0 Å². The van der Waals surface area contributed by atoms with E-state index in [2.05, 4.69) is 0 Å². The lowest BCUT2D eigenvalue weighted by molar-refractivity contribution is -0.383. The summed E-state index contributed by atoms with van der Waals surface area (Å²) in [6, 6.07) is 7.91. The molecular formula is C18H9ClF6N2O2. The second-order valence-electron chi connectivity index (χ2n) is 5.94. The van der Waals surface area contributed by atoms with E-state index in [4.69, 9.17) is 11.6 Å². The van der Waals surface area contributed by atoms with E-state index in [9.17, 15) is 36.5 Å². The van der Waals surface area contributed by atoms with Crippen molar-refractivity contribution in [1.29, 1.82) is 0 Å². The molecular weight excluding hydrogens is 426 g/mol. The zero-order valence-electron chi connectivity index (χ0n) is 14.0. The van der Waals surface area contributed by atoms with Crippen LogP contribution < -0.4 is 0 Å². The first kappa shape index (κ1) is 20.7. The number of hydrogen-bond acceptors (Lipinski definition) is 2. The van der Waals surface area contributed by atoms with E-state index in [-0.39, 0.29) is 16.1 Å². The minimum atomic E-state index is -5.02. The standard InChI is InChI=1S/C18H9ClF6N2O2/c19-12-7-3-10(4-8-12)14-15(27(28)29)13(16(26-14)18(23,24)25)9-1-5-11(6-2-9)17(20,21)22/h1-8,26H. The predicted molar refractivity (Wildman–Crippen MR) is 93.3 cm³/mol. The SMILES string of the molecule is O=[N+]([O-])c1c(-c2ccc(Cl)cc2)[nH]c(C(F)(F)F)c1-c1ccc(C(F)(F)F)cc1. The number of nitrogens with zero attached hydrogens (tertiary/aromatic N) is 1. The molecule has 0 saturated heterocycles. The van der Waals surface area contributed by atoms with Crippen LogP contribution >= 0.6 is 11.6 Å². The second kappa shape index (κ2) is 7.11. The van der Waals surface area contributed by atoms with Gasteiger partial charge in [-0.15, -0.1) is 0 Å². The van der Waals surface area contributed by atoms with E-state index in [1.165, 1.54) is 24.3 Å². The highest BCUT2D eigenvalue weighted by Gasteiger charge is 2.42. The van der Waals surface area contributed by atoms with Crippen LogP contribution in [0.3, 0.4) is 0 Å². The maximum atomic E-state index is 13.6. The normalized spacial score (nSPS) is 12.2. The Morgan fingerprint density at radius 1 is 0.828 bits per heavy atom. The van der Waals surface area contributed by atoms with Gasteiger partial charge < -0.3 is 4.98 Å². The minimum Gasteiger partial charge on any atom is -0.345 e. The van der Waals surface area contributed by atoms with Gasteiger partial charge in [-0.05, 0) is 29.8 Å². The van der Waals surface area contributed by atoms with Gasteiger partial charge in [-0.2, -0.15) is 26.3 Å². The Morgan fingerprint density at radius 3 is 1.79 bits per heavy atom. The monoisotopic (exact) mass is 434 g/mol. The molecule has 1 N–H and O–H groups in total. The second-order valence-corrected chi connectivity index (χ2v) is 6.37. The fourth-order valence-corrected chi connectivity index (χ4v) is 2.94. The van der Waals surface area contributed by atoms with Crippen molar-refractivity contribution in [2.75, 3.05) is 0 Å². The van der Waals surface area contributed by atoms with Crippen molar-refractivity contribution in [3.05, 3.63) is 74.9 Å². The van der Waals surface area contributed by atoms with Gasteiger partial charge in [0.2, 0.25) is 0 Å². The summed E-state index contributed by atoms with van der Waals surface area (Å²) in [5.74, 6) is 0. The Labute approximate surface area is 163 Å². The van der Waals surface area contributed by atoms with Gasteiger partial charge in [0.25, 0.3) is 0 Å². The van der Waals surface area contributed by atoms with Crippen molar-refractivity contribution in [3.63, 3.8) is 0 Å². The number of H-pyrrole nitrogens is 1. The maximum absolute atomic E-state index is 13.6. The Kier molecular flexibility index (Phi) is 5.08. The van der Waals surface area contributed by atoms with E-state index in [1.54, 1.807) is 0 Å². The molecule has 0 radical (unpaired) electrons. The molecule has 1 heterocycles. The largest absolute Gasteiger partial charge is 0.432 e. The lowest BCUT2D eigenvalue weighted by Gasteiger charge is -2.10. The molecule has 11 heteroatoms. The van der Waals surface area contributed by atoms with Crippen molar-refractivity contribution in [1.82, 2.24) is 4.98 Å². The van der Waals surface area contributed by atoms with Crippen molar-refractivity contribution in [2.45, 2.75) is 12.4 Å². The average molecular weight is 435 g/mol. The number of alkyl halides is 6. The summed E-state index contributed by atoms with van der Waals surface area (Å²) in [7, 11) is 0. The van der Waals surface area contributed by atoms with Gasteiger partial charge in [-0.1, -0.05) is 35.9 Å². The third kappa shape index (κ3) is 4.07. The molecule has 0 saturated carbocycles. The molecule has 3 rings (SSSR count). The maximum Gasteiger partial charge on any atom is 0.432 e. The van der Waals surface area contributed by atoms with E-state index < -0.39 is 45.5 Å². The third-order valence-corrected chi connectivity index (χ3v) is 4.33. The third-order valence-electron chi connectivity index (χ3n) is 4.07. The molecule has 0 bridgehead atoms. The minimum absolute atomic E-state index is 0.0600. The molecule has 2 aromatic carbocycles. The highest BCUT2D eigenvalue weighted by molar-refractivity contribution is 6.30. The van der Waals surface area contributed by atoms with E-state index in [1.807, 2.05) is 4.98 Å². The molecule has 0 amide bonds. The first-order chi connectivity index (χ1) is 13.4. The molecule has 0 aliphatic heterocycles. The van der Waals surface area contributed by atoms with Gasteiger partial charge in [0.05, 0.1) is 16.1 Å². The Bertz CT molecular complexity index is 1050. The van der Waals surface area contributed by atoms with Crippen LogP contribution in [-0.4, -0.2) is 9.91 Å². The summed E-state index contributed by atoms with van der Waals surface area (Å²) in [6.07, 6.45) is -9.72.